The number of phenols is 4. The van der Waals surface area contributed by atoms with E-state index in [2.05, 4.69) is 0 Å². The minimum Gasteiger partial charge on any atom is -0.504 e. The summed E-state index contributed by atoms with van der Waals surface area (Å²) < 4.78 is 40.3. The van der Waals surface area contributed by atoms with E-state index in [1.807, 2.05) is 0 Å². The summed E-state index contributed by atoms with van der Waals surface area (Å²) in [6, 6.07) is 2.77. The van der Waals surface area contributed by atoms with E-state index in [1.165, 1.54) is 0 Å². The SMILES string of the molecule is Oc1ccc(-c2c(F)c(O)c(F)c(O)c2F)cc1O. The van der Waals surface area contributed by atoms with Crippen molar-refractivity contribution >= 4 is 0 Å². The summed E-state index contributed by atoms with van der Waals surface area (Å²) in [6.45, 7) is 0. The number of aromatic hydroxyl groups is 4. The lowest BCUT2D eigenvalue weighted by molar-refractivity contribution is 0.349. The third-order valence-corrected chi connectivity index (χ3v) is 2.53. The van der Waals surface area contributed by atoms with Gasteiger partial charge in [0.15, 0.2) is 34.6 Å². The van der Waals surface area contributed by atoms with Crippen molar-refractivity contribution in [1.29, 1.82) is 0 Å². The number of halogens is 3. The van der Waals surface area contributed by atoms with Crippen LogP contribution >= 0.6 is 0 Å². The highest BCUT2D eigenvalue weighted by molar-refractivity contribution is 5.71. The van der Waals surface area contributed by atoms with Gasteiger partial charge in [-0.25, -0.2) is 8.78 Å². The Balaban J connectivity index is 2.79. The van der Waals surface area contributed by atoms with E-state index in [4.69, 9.17) is 15.3 Å². The molecule has 100 valence electrons. The van der Waals surface area contributed by atoms with Crippen molar-refractivity contribution in [3.8, 4) is 34.1 Å². The van der Waals surface area contributed by atoms with Gasteiger partial charge in [-0.15, -0.1) is 0 Å². The summed E-state index contributed by atoms with van der Waals surface area (Å²) in [6.07, 6.45) is 0. The van der Waals surface area contributed by atoms with E-state index >= 15 is 0 Å². The van der Waals surface area contributed by atoms with Crippen LogP contribution in [0.1, 0.15) is 0 Å². The monoisotopic (exact) mass is 272 g/mol. The summed E-state index contributed by atoms with van der Waals surface area (Å²) in [4.78, 5) is 0. The van der Waals surface area contributed by atoms with Crippen molar-refractivity contribution in [3.63, 3.8) is 0 Å². The highest BCUT2D eigenvalue weighted by atomic mass is 19.1. The van der Waals surface area contributed by atoms with Crippen LogP contribution in [0.3, 0.4) is 0 Å². The summed E-state index contributed by atoms with van der Waals surface area (Å²) in [5.41, 5.74) is -1.22. The molecule has 4 nitrogen and oxygen atoms in total. The molecule has 0 heterocycles. The second-order valence-electron chi connectivity index (χ2n) is 3.72. The average Bonchev–Trinajstić information content (AvgIpc) is 2.38. The lowest BCUT2D eigenvalue weighted by atomic mass is 10.0. The van der Waals surface area contributed by atoms with Gasteiger partial charge in [-0.05, 0) is 17.7 Å². The van der Waals surface area contributed by atoms with Crippen LogP contribution in [0, 0.1) is 17.5 Å². The largest absolute Gasteiger partial charge is 0.504 e. The third kappa shape index (κ3) is 1.88. The summed E-state index contributed by atoms with van der Waals surface area (Å²) in [5, 5.41) is 36.5. The van der Waals surface area contributed by atoms with Gasteiger partial charge in [-0.3, -0.25) is 0 Å². The zero-order valence-electron chi connectivity index (χ0n) is 9.15. The molecule has 0 radical (unpaired) electrons. The molecule has 0 bridgehead atoms. The van der Waals surface area contributed by atoms with E-state index in [1.54, 1.807) is 0 Å². The van der Waals surface area contributed by atoms with Crippen LogP contribution in [0.4, 0.5) is 13.2 Å². The molecule has 19 heavy (non-hydrogen) atoms. The Morgan fingerprint density at radius 2 is 1.21 bits per heavy atom. The molecule has 7 heteroatoms. The van der Waals surface area contributed by atoms with Gasteiger partial charge in [0.1, 0.15) is 0 Å². The van der Waals surface area contributed by atoms with E-state index in [0.29, 0.717) is 0 Å². The summed E-state index contributed by atoms with van der Waals surface area (Å²) >= 11 is 0. The molecule has 0 aliphatic rings. The molecule has 0 spiro atoms. The maximum atomic E-state index is 13.6. The van der Waals surface area contributed by atoms with E-state index < -0.39 is 46.0 Å². The predicted molar refractivity (Wildman–Crippen MR) is 58.4 cm³/mol. The first-order chi connectivity index (χ1) is 8.84. The third-order valence-electron chi connectivity index (χ3n) is 2.53. The molecule has 0 aliphatic carbocycles. The van der Waals surface area contributed by atoms with E-state index in [0.717, 1.165) is 18.2 Å². The first-order valence-electron chi connectivity index (χ1n) is 4.95. The van der Waals surface area contributed by atoms with E-state index in [9.17, 15) is 18.3 Å². The second kappa shape index (κ2) is 4.27. The van der Waals surface area contributed by atoms with Crippen molar-refractivity contribution in [1.82, 2.24) is 0 Å². The molecule has 0 aromatic heterocycles. The first kappa shape index (κ1) is 12.9. The molecule has 4 N–H and O–H groups in total. The van der Waals surface area contributed by atoms with Gasteiger partial charge in [0.2, 0.25) is 5.82 Å². The van der Waals surface area contributed by atoms with Gasteiger partial charge in [-0.2, -0.15) is 4.39 Å². The van der Waals surface area contributed by atoms with Crippen LogP contribution in [-0.4, -0.2) is 20.4 Å². The molecule has 2 aromatic rings. The first-order valence-corrected chi connectivity index (χ1v) is 4.95. The Bertz CT molecular complexity index is 642. The van der Waals surface area contributed by atoms with Crippen molar-refractivity contribution in [2.75, 3.05) is 0 Å². The van der Waals surface area contributed by atoms with Gasteiger partial charge < -0.3 is 20.4 Å². The van der Waals surface area contributed by atoms with Crippen LogP contribution in [-0.2, 0) is 0 Å². The van der Waals surface area contributed by atoms with Gasteiger partial charge >= 0.3 is 0 Å². The van der Waals surface area contributed by atoms with Crippen LogP contribution in [0.15, 0.2) is 18.2 Å². The van der Waals surface area contributed by atoms with Crippen LogP contribution in [0.5, 0.6) is 23.0 Å². The summed E-state index contributed by atoms with van der Waals surface area (Å²) in [5.74, 6) is -9.35. The lowest BCUT2D eigenvalue weighted by Crippen LogP contribution is -1.95. The van der Waals surface area contributed by atoms with Crippen molar-refractivity contribution in [3.05, 3.63) is 35.7 Å². The maximum Gasteiger partial charge on any atom is 0.212 e. The summed E-state index contributed by atoms with van der Waals surface area (Å²) in [7, 11) is 0. The Hall–Kier alpha value is -2.57. The average molecular weight is 272 g/mol. The molecule has 0 aliphatic heterocycles. The number of rotatable bonds is 1. The second-order valence-corrected chi connectivity index (χ2v) is 3.72. The van der Waals surface area contributed by atoms with E-state index in [-0.39, 0.29) is 5.56 Å². The number of hydrogen-bond acceptors (Lipinski definition) is 4. The number of hydrogen-bond donors (Lipinski definition) is 4. The molecular formula is C12H7F3O4. The smallest absolute Gasteiger partial charge is 0.212 e. The Morgan fingerprint density at radius 3 is 1.68 bits per heavy atom. The molecule has 2 aromatic carbocycles. The Morgan fingerprint density at radius 1 is 0.684 bits per heavy atom. The van der Waals surface area contributed by atoms with Crippen molar-refractivity contribution in [2.45, 2.75) is 0 Å². The van der Waals surface area contributed by atoms with Crippen molar-refractivity contribution < 1.29 is 33.6 Å². The minimum atomic E-state index is -1.82. The minimum absolute atomic E-state index is 0.295. The quantitative estimate of drug-likeness (QED) is 0.601. The highest BCUT2D eigenvalue weighted by Crippen LogP contribution is 2.41. The van der Waals surface area contributed by atoms with Gasteiger partial charge in [-0.1, -0.05) is 6.07 Å². The molecule has 0 saturated heterocycles. The fourth-order valence-corrected chi connectivity index (χ4v) is 1.57. The molecular weight excluding hydrogens is 265 g/mol. The molecule has 0 amide bonds. The predicted octanol–water partition coefficient (Wildman–Crippen LogP) is 2.59. The lowest BCUT2D eigenvalue weighted by Gasteiger charge is -2.10. The maximum absolute atomic E-state index is 13.6. The molecule has 2 rings (SSSR count). The fourth-order valence-electron chi connectivity index (χ4n) is 1.57. The van der Waals surface area contributed by atoms with Crippen molar-refractivity contribution in [2.24, 2.45) is 0 Å². The highest BCUT2D eigenvalue weighted by Gasteiger charge is 2.25. The van der Waals surface area contributed by atoms with Crippen LogP contribution < -0.4 is 0 Å². The normalized spacial score (nSPS) is 10.7. The Labute approximate surface area is 104 Å². The number of phenolic OH excluding ortho intramolecular Hbond substituents is 4. The topological polar surface area (TPSA) is 80.9 Å². The molecule has 0 atom stereocenters. The molecule has 0 unspecified atom stereocenters. The Kier molecular flexibility index (Phi) is 2.89. The van der Waals surface area contributed by atoms with Gasteiger partial charge in [0.25, 0.3) is 0 Å². The van der Waals surface area contributed by atoms with Crippen LogP contribution in [0.25, 0.3) is 11.1 Å². The van der Waals surface area contributed by atoms with Crippen LogP contribution in [0.2, 0.25) is 0 Å². The number of benzene rings is 2. The zero-order valence-corrected chi connectivity index (χ0v) is 9.15. The fraction of sp³-hybridized carbons (Fsp3) is 0. The van der Waals surface area contributed by atoms with Gasteiger partial charge in [0, 0.05) is 0 Å². The standard InChI is InChI=1S/C12H7F3O4/c13-8-7(4-1-2-5(16)6(17)3-4)9(14)12(19)10(15)11(8)18/h1-3,16-19H. The van der Waals surface area contributed by atoms with Gasteiger partial charge in [0.05, 0.1) is 5.56 Å². The zero-order chi connectivity index (χ0) is 14.3. The molecule has 0 fully saturated rings. The molecule has 0 saturated carbocycles.